The summed E-state index contributed by atoms with van der Waals surface area (Å²) >= 11 is 14.7. The highest BCUT2D eigenvalue weighted by molar-refractivity contribution is 9.10. The maximum absolute atomic E-state index is 13.4. The van der Waals surface area contributed by atoms with E-state index in [0.717, 1.165) is 5.56 Å². The maximum Gasteiger partial charge on any atom is 0.200 e. The van der Waals surface area contributed by atoms with Crippen molar-refractivity contribution in [3.05, 3.63) is 56.7 Å². The van der Waals surface area contributed by atoms with Crippen LogP contribution in [-0.2, 0) is 0 Å². The number of halogens is 3. The Labute approximate surface area is 137 Å². The molecule has 0 saturated carbocycles. The minimum atomic E-state index is -0.437. The van der Waals surface area contributed by atoms with Gasteiger partial charge in [0.1, 0.15) is 5.82 Å². The van der Waals surface area contributed by atoms with Gasteiger partial charge in [-0.15, -0.1) is 0 Å². The minimum absolute atomic E-state index is 0.226. The van der Waals surface area contributed by atoms with Gasteiger partial charge in [0.2, 0.25) is 0 Å². The van der Waals surface area contributed by atoms with Crippen LogP contribution in [0.25, 0.3) is 17.1 Å². The third-order valence-electron chi connectivity index (χ3n) is 2.80. The molecule has 0 saturated heterocycles. The first-order valence-electron chi connectivity index (χ1n) is 5.80. The summed E-state index contributed by atoms with van der Waals surface area (Å²) in [4.78, 5) is 4.06. The topological polar surface area (TPSA) is 46.5 Å². The second-order valence-corrected chi connectivity index (χ2v) is 5.80. The zero-order valence-electron chi connectivity index (χ0n) is 10.3. The van der Waals surface area contributed by atoms with Crippen molar-refractivity contribution in [3.8, 4) is 17.1 Å². The summed E-state index contributed by atoms with van der Waals surface area (Å²) in [6, 6.07) is 6.19. The molecule has 0 unspecified atom stereocenters. The summed E-state index contributed by atoms with van der Waals surface area (Å²) in [5.74, 6) is 0.107. The number of hydrogen-bond donors (Lipinski definition) is 1. The number of aromatic amines is 1. The van der Waals surface area contributed by atoms with Crippen molar-refractivity contribution in [1.82, 2.24) is 19.7 Å². The molecular weight excluding hydrogens is 379 g/mol. The van der Waals surface area contributed by atoms with Crippen LogP contribution in [0.2, 0.25) is 5.02 Å². The lowest BCUT2D eigenvalue weighted by Gasteiger charge is -2.11. The van der Waals surface area contributed by atoms with Crippen molar-refractivity contribution in [2.45, 2.75) is 0 Å². The maximum atomic E-state index is 13.4. The van der Waals surface area contributed by atoms with Gasteiger partial charge in [0.15, 0.2) is 10.6 Å². The van der Waals surface area contributed by atoms with Crippen LogP contribution in [0.15, 0.2) is 41.1 Å². The molecule has 8 heteroatoms. The standard InChI is InChI=1S/C13H7BrClFN4S/c14-9-4-8(16)5-10(15)11(9)20-12(18-19-13(20)21)7-2-1-3-17-6-7/h1-6H,(H,19,21). The van der Waals surface area contributed by atoms with E-state index in [1.54, 1.807) is 23.0 Å². The molecule has 0 radical (unpaired) electrons. The Morgan fingerprint density at radius 3 is 2.86 bits per heavy atom. The van der Waals surface area contributed by atoms with Gasteiger partial charge in [0, 0.05) is 22.4 Å². The minimum Gasteiger partial charge on any atom is -0.265 e. The molecule has 3 aromatic rings. The van der Waals surface area contributed by atoms with Gasteiger partial charge < -0.3 is 0 Å². The quantitative estimate of drug-likeness (QED) is 0.658. The lowest BCUT2D eigenvalue weighted by molar-refractivity contribution is 0.626. The Morgan fingerprint density at radius 2 is 2.19 bits per heavy atom. The first-order chi connectivity index (χ1) is 10.1. The van der Waals surface area contributed by atoms with Crippen molar-refractivity contribution in [1.29, 1.82) is 0 Å². The molecule has 3 rings (SSSR count). The van der Waals surface area contributed by atoms with Gasteiger partial charge in [0.05, 0.1) is 10.7 Å². The van der Waals surface area contributed by atoms with E-state index in [-0.39, 0.29) is 5.02 Å². The molecule has 1 aromatic carbocycles. The molecule has 0 aliphatic carbocycles. The fourth-order valence-corrected chi connectivity index (χ4v) is 3.18. The number of pyridine rings is 1. The van der Waals surface area contributed by atoms with Gasteiger partial charge in [-0.2, -0.15) is 5.10 Å². The van der Waals surface area contributed by atoms with Crippen molar-refractivity contribution in [2.24, 2.45) is 0 Å². The summed E-state index contributed by atoms with van der Waals surface area (Å²) in [6.45, 7) is 0. The first-order valence-corrected chi connectivity index (χ1v) is 7.38. The van der Waals surface area contributed by atoms with E-state index in [2.05, 4.69) is 31.1 Å². The number of rotatable bonds is 2. The molecule has 0 aliphatic rings. The molecule has 0 spiro atoms. The summed E-state index contributed by atoms with van der Waals surface area (Å²) < 4.78 is 15.9. The van der Waals surface area contributed by atoms with Crippen molar-refractivity contribution < 1.29 is 4.39 Å². The van der Waals surface area contributed by atoms with E-state index in [4.69, 9.17) is 23.8 Å². The number of aromatic nitrogens is 4. The van der Waals surface area contributed by atoms with Crippen LogP contribution in [0.5, 0.6) is 0 Å². The van der Waals surface area contributed by atoms with E-state index in [1.807, 2.05) is 6.07 Å². The Bertz CT molecular complexity index is 839. The fraction of sp³-hybridized carbons (Fsp3) is 0. The molecule has 0 atom stereocenters. The molecule has 21 heavy (non-hydrogen) atoms. The van der Waals surface area contributed by atoms with Gasteiger partial charge in [-0.1, -0.05) is 11.6 Å². The molecule has 106 valence electrons. The van der Waals surface area contributed by atoms with Crippen LogP contribution in [0.3, 0.4) is 0 Å². The summed E-state index contributed by atoms with van der Waals surface area (Å²) in [6.07, 6.45) is 3.32. The monoisotopic (exact) mass is 384 g/mol. The summed E-state index contributed by atoms with van der Waals surface area (Å²) in [7, 11) is 0. The molecule has 0 amide bonds. The third-order valence-corrected chi connectivity index (χ3v) is 3.96. The third kappa shape index (κ3) is 2.64. The molecule has 2 aromatic heterocycles. The first kappa shape index (κ1) is 14.4. The van der Waals surface area contributed by atoms with E-state index in [0.29, 0.717) is 20.8 Å². The number of H-pyrrole nitrogens is 1. The van der Waals surface area contributed by atoms with Crippen LogP contribution >= 0.6 is 39.7 Å². The zero-order valence-corrected chi connectivity index (χ0v) is 13.5. The van der Waals surface area contributed by atoms with E-state index in [1.165, 1.54) is 12.1 Å². The fourth-order valence-electron chi connectivity index (χ4n) is 1.94. The van der Waals surface area contributed by atoms with Gasteiger partial charge >= 0.3 is 0 Å². The normalized spacial score (nSPS) is 10.8. The highest BCUT2D eigenvalue weighted by Gasteiger charge is 2.17. The Morgan fingerprint density at radius 1 is 1.38 bits per heavy atom. The van der Waals surface area contributed by atoms with Gasteiger partial charge in [-0.05, 0) is 52.4 Å². The largest absolute Gasteiger partial charge is 0.265 e. The molecular formula is C13H7BrClFN4S. The molecule has 0 aliphatic heterocycles. The molecule has 0 fully saturated rings. The van der Waals surface area contributed by atoms with Gasteiger partial charge in [0.25, 0.3) is 0 Å². The van der Waals surface area contributed by atoms with Crippen LogP contribution in [0.1, 0.15) is 0 Å². The zero-order chi connectivity index (χ0) is 15.0. The molecule has 4 nitrogen and oxygen atoms in total. The number of nitrogens with zero attached hydrogens (tertiary/aromatic N) is 3. The summed E-state index contributed by atoms with van der Waals surface area (Å²) in [5, 5.41) is 7.14. The van der Waals surface area contributed by atoms with Crippen molar-refractivity contribution in [3.63, 3.8) is 0 Å². The Hall–Kier alpha value is -1.57. The Balaban J connectivity index is 2.30. The Kier molecular flexibility index (Phi) is 3.88. The van der Waals surface area contributed by atoms with E-state index >= 15 is 0 Å². The average Bonchev–Trinajstić information content (AvgIpc) is 2.81. The van der Waals surface area contributed by atoms with Gasteiger partial charge in [-0.25, -0.2) is 4.39 Å². The number of hydrogen-bond acceptors (Lipinski definition) is 3. The van der Waals surface area contributed by atoms with Crippen LogP contribution < -0.4 is 0 Å². The van der Waals surface area contributed by atoms with Crippen LogP contribution in [0.4, 0.5) is 4.39 Å². The van der Waals surface area contributed by atoms with Gasteiger partial charge in [-0.3, -0.25) is 14.6 Å². The predicted octanol–water partition coefficient (Wildman–Crippen LogP) is 4.55. The van der Waals surface area contributed by atoms with Crippen LogP contribution in [-0.4, -0.2) is 19.7 Å². The average molecular weight is 386 g/mol. The smallest absolute Gasteiger partial charge is 0.200 e. The SMILES string of the molecule is Fc1cc(Cl)c(-n2c(-c3cccnc3)n[nH]c2=S)c(Br)c1. The lowest BCUT2D eigenvalue weighted by Crippen LogP contribution is -2.01. The molecule has 2 heterocycles. The second kappa shape index (κ2) is 5.67. The highest BCUT2D eigenvalue weighted by atomic mass is 79.9. The predicted molar refractivity (Wildman–Crippen MR) is 84.6 cm³/mol. The molecule has 0 bridgehead atoms. The molecule has 1 N–H and O–H groups in total. The van der Waals surface area contributed by atoms with E-state index < -0.39 is 5.82 Å². The van der Waals surface area contributed by atoms with E-state index in [9.17, 15) is 4.39 Å². The van der Waals surface area contributed by atoms with Crippen LogP contribution in [0, 0.1) is 10.6 Å². The van der Waals surface area contributed by atoms with Crippen molar-refractivity contribution in [2.75, 3.05) is 0 Å². The highest BCUT2D eigenvalue weighted by Crippen LogP contribution is 2.33. The van der Waals surface area contributed by atoms with Crippen molar-refractivity contribution >= 4 is 39.7 Å². The second-order valence-electron chi connectivity index (χ2n) is 4.15. The number of benzene rings is 1. The summed E-state index contributed by atoms with van der Waals surface area (Å²) in [5.41, 5.74) is 1.29. The number of nitrogens with one attached hydrogen (secondary N) is 1. The lowest BCUT2D eigenvalue weighted by atomic mass is 10.2.